The smallest absolute Gasteiger partial charge is 0.335 e. The number of carbonyl (C=O) groups is 2. The Kier molecular flexibility index (Phi) is 2.90. The van der Waals surface area contributed by atoms with E-state index in [2.05, 4.69) is 0 Å². The fourth-order valence-corrected chi connectivity index (χ4v) is 1.85. The number of carboxylic acid groups (broad SMARTS) is 1. The minimum atomic E-state index is -0.921. The number of benzene rings is 1. The summed E-state index contributed by atoms with van der Waals surface area (Å²) in [4.78, 5) is 24.0. The zero-order valence-electron chi connectivity index (χ0n) is 8.85. The number of aromatic carboxylic acids is 1. The van der Waals surface area contributed by atoms with Gasteiger partial charge in [0.25, 0.3) is 0 Å². The molecule has 0 saturated carbocycles. The zero-order chi connectivity index (χ0) is 11.5. The van der Waals surface area contributed by atoms with Gasteiger partial charge in [-0.3, -0.25) is 4.79 Å². The number of Topliss-reactive ketones (excluding diaryl/α,β-unsaturated/α-hetero) is 1. The van der Waals surface area contributed by atoms with Gasteiger partial charge in [0.2, 0.25) is 0 Å². The second kappa shape index (κ2) is 4.35. The zero-order valence-corrected chi connectivity index (χ0v) is 8.85. The molecule has 0 bridgehead atoms. The third-order valence-electron chi connectivity index (χ3n) is 2.78. The van der Waals surface area contributed by atoms with Crippen LogP contribution in [-0.4, -0.2) is 29.9 Å². The molecular weight excluding hydrogens is 206 g/mol. The van der Waals surface area contributed by atoms with Gasteiger partial charge >= 0.3 is 5.97 Å². The summed E-state index contributed by atoms with van der Waals surface area (Å²) in [5.41, 5.74) is 1.17. The Morgan fingerprint density at radius 3 is 2.56 bits per heavy atom. The molecule has 0 aliphatic carbocycles. The molecule has 2 rings (SSSR count). The molecule has 16 heavy (non-hydrogen) atoms. The van der Waals surface area contributed by atoms with Crippen LogP contribution in [0, 0.1) is 0 Å². The second-order valence-corrected chi connectivity index (χ2v) is 3.88. The highest BCUT2D eigenvalue weighted by Crippen LogP contribution is 2.19. The minimum absolute atomic E-state index is 0.283. The van der Waals surface area contributed by atoms with Crippen molar-refractivity contribution in [1.82, 2.24) is 0 Å². The van der Waals surface area contributed by atoms with E-state index in [1.165, 1.54) is 0 Å². The highest BCUT2D eigenvalue weighted by Gasteiger charge is 2.17. The van der Waals surface area contributed by atoms with E-state index in [1.54, 1.807) is 18.2 Å². The molecule has 1 aliphatic rings. The van der Waals surface area contributed by atoms with Crippen LogP contribution in [0.4, 0.5) is 5.69 Å². The molecule has 0 radical (unpaired) electrons. The third-order valence-corrected chi connectivity index (χ3v) is 2.78. The molecule has 1 fully saturated rings. The number of rotatable bonds is 2. The number of carboxylic acids is 1. The number of piperidine rings is 1. The number of anilines is 1. The molecule has 1 heterocycles. The maximum Gasteiger partial charge on any atom is 0.335 e. The molecular formula is C12H13NO3. The van der Waals surface area contributed by atoms with E-state index >= 15 is 0 Å². The molecule has 1 N–H and O–H groups in total. The quantitative estimate of drug-likeness (QED) is 0.820. The molecule has 4 nitrogen and oxygen atoms in total. The largest absolute Gasteiger partial charge is 0.478 e. The van der Waals surface area contributed by atoms with Crippen LogP contribution in [0.5, 0.6) is 0 Å². The Bertz CT molecular complexity index is 418. The molecule has 0 aromatic heterocycles. The SMILES string of the molecule is O=C1CCN(c2cccc(C(=O)O)c2)CC1. The average Bonchev–Trinajstić information content (AvgIpc) is 2.30. The first-order valence-electron chi connectivity index (χ1n) is 5.27. The fraction of sp³-hybridized carbons (Fsp3) is 0.333. The van der Waals surface area contributed by atoms with E-state index < -0.39 is 5.97 Å². The maximum atomic E-state index is 11.1. The lowest BCUT2D eigenvalue weighted by Crippen LogP contribution is -2.33. The van der Waals surface area contributed by atoms with Gasteiger partial charge in [0, 0.05) is 31.6 Å². The van der Waals surface area contributed by atoms with E-state index in [9.17, 15) is 9.59 Å². The highest BCUT2D eigenvalue weighted by molar-refractivity contribution is 5.89. The molecule has 1 aromatic carbocycles. The van der Waals surface area contributed by atoms with Gasteiger partial charge in [0.1, 0.15) is 5.78 Å². The number of hydrogen-bond donors (Lipinski definition) is 1. The number of ketones is 1. The Morgan fingerprint density at radius 1 is 1.25 bits per heavy atom. The molecule has 4 heteroatoms. The second-order valence-electron chi connectivity index (χ2n) is 3.88. The molecule has 0 unspecified atom stereocenters. The molecule has 0 spiro atoms. The van der Waals surface area contributed by atoms with Crippen molar-refractivity contribution in [2.75, 3.05) is 18.0 Å². The Labute approximate surface area is 93.5 Å². The molecule has 1 saturated heterocycles. The summed E-state index contributed by atoms with van der Waals surface area (Å²) in [6.45, 7) is 1.36. The van der Waals surface area contributed by atoms with Crippen LogP contribution in [-0.2, 0) is 4.79 Å². The lowest BCUT2D eigenvalue weighted by atomic mass is 10.1. The van der Waals surface area contributed by atoms with E-state index in [1.807, 2.05) is 11.0 Å². The van der Waals surface area contributed by atoms with Crippen molar-refractivity contribution in [3.05, 3.63) is 29.8 Å². The summed E-state index contributed by atoms with van der Waals surface area (Å²) in [6, 6.07) is 6.83. The predicted molar refractivity (Wildman–Crippen MR) is 59.9 cm³/mol. The van der Waals surface area contributed by atoms with E-state index in [0.29, 0.717) is 25.9 Å². The molecule has 1 aliphatic heterocycles. The van der Waals surface area contributed by atoms with Gasteiger partial charge in [0.15, 0.2) is 0 Å². The normalized spacial score (nSPS) is 16.2. The van der Waals surface area contributed by atoms with Gasteiger partial charge in [-0.15, -0.1) is 0 Å². The summed E-state index contributed by atoms with van der Waals surface area (Å²) in [7, 11) is 0. The standard InChI is InChI=1S/C12H13NO3/c14-11-4-6-13(7-5-11)10-3-1-2-9(8-10)12(15)16/h1-3,8H,4-7H2,(H,15,16). The first-order chi connectivity index (χ1) is 7.66. The van der Waals surface area contributed by atoms with Crippen LogP contribution in [0.1, 0.15) is 23.2 Å². The fourth-order valence-electron chi connectivity index (χ4n) is 1.85. The summed E-state index contributed by atoms with van der Waals surface area (Å²) < 4.78 is 0. The Morgan fingerprint density at radius 2 is 1.94 bits per heavy atom. The summed E-state index contributed by atoms with van der Waals surface area (Å²) in [5.74, 6) is -0.638. The summed E-state index contributed by atoms with van der Waals surface area (Å²) in [5, 5.41) is 8.88. The molecule has 84 valence electrons. The van der Waals surface area contributed by atoms with Crippen molar-refractivity contribution in [2.45, 2.75) is 12.8 Å². The molecule has 0 atom stereocenters. The van der Waals surface area contributed by atoms with Gasteiger partial charge in [-0.05, 0) is 18.2 Å². The van der Waals surface area contributed by atoms with Crippen LogP contribution in [0.25, 0.3) is 0 Å². The van der Waals surface area contributed by atoms with Crippen LogP contribution in [0.2, 0.25) is 0 Å². The monoisotopic (exact) mass is 219 g/mol. The van der Waals surface area contributed by atoms with Gasteiger partial charge in [-0.1, -0.05) is 6.07 Å². The van der Waals surface area contributed by atoms with Crippen LogP contribution < -0.4 is 4.90 Å². The van der Waals surface area contributed by atoms with E-state index in [0.717, 1.165) is 5.69 Å². The van der Waals surface area contributed by atoms with Crippen molar-refractivity contribution < 1.29 is 14.7 Å². The Hall–Kier alpha value is -1.84. The van der Waals surface area contributed by atoms with Gasteiger partial charge in [-0.25, -0.2) is 4.79 Å². The van der Waals surface area contributed by atoms with Crippen molar-refractivity contribution in [3.63, 3.8) is 0 Å². The van der Waals surface area contributed by atoms with Gasteiger partial charge in [-0.2, -0.15) is 0 Å². The lowest BCUT2D eigenvalue weighted by molar-refractivity contribution is -0.119. The number of hydrogen-bond acceptors (Lipinski definition) is 3. The topological polar surface area (TPSA) is 57.6 Å². The van der Waals surface area contributed by atoms with Crippen LogP contribution in [0.3, 0.4) is 0 Å². The Balaban J connectivity index is 2.17. The molecule has 0 amide bonds. The van der Waals surface area contributed by atoms with Gasteiger partial charge < -0.3 is 10.0 Å². The molecule has 1 aromatic rings. The van der Waals surface area contributed by atoms with Crippen LogP contribution >= 0.6 is 0 Å². The van der Waals surface area contributed by atoms with E-state index in [-0.39, 0.29) is 11.3 Å². The number of carbonyl (C=O) groups excluding carboxylic acids is 1. The van der Waals surface area contributed by atoms with Gasteiger partial charge in [0.05, 0.1) is 5.56 Å². The number of nitrogens with zero attached hydrogens (tertiary/aromatic N) is 1. The summed E-state index contributed by atoms with van der Waals surface area (Å²) in [6.07, 6.45) is 1.11. The van der Waals surface area contributed by atoms with E-state index in [4.69, 9.17) is 5.11 Å². The van der Waals surface area contributed by atoms with Crippen molar-refractivity contribution >= 4 is 17.4 Å². The predicted octanol–water partition coefficient (Wildman–Crippen LogP) is 1.55. The third kappa shape index (κ3) is 2.21. The maximum absolute atomic E-state index is 11.1. The van der Waals surface area contributed by atoms with Crippen molar-refractivity contribution in [2.24, 2.45) is 0 Å². The lowest BCUT2D eigenvalue weighted by Gasteiger charge is -2.28. The van der Waals surface area contributed by atoms with Crippen molar-refractivity contribution in [1.29, 1.82) is 0 Å². The first kappa shape index (κ1) is 10.7. The van der Waals surface area contributed by atoms with Crippen molar-refractivity contribution in [3.8, 4) is 0 Å². The highest BCUT2D eigenvalue weighted by atomic mass is 16.4. The average molecular weight is 219 g/mol. The first-order valence-corrected chi connectivity index (χ1v) is 5.27. The minimum Gasteiger partial charge on any atom is -0.478 e. The summed E-state index contributed by atoms with van der Waals surface area (Å²) >= 11 is 0. The van der Waals surface area contributed by atoms with Crippen LogP contribution in [0.15, 0.2) is 24.3 Å².